The Kier molecular flexibility index (Phi) is 1.77. The summed E-state index contributed by atoms with van der Waals surface area (Å²) in [6.45, 7) is 0. The third-order valence-electron chi connectivity index (χ3n) is 2.08. The fraction of sp³-hybridized carbons (Fsp3) is 0. The fourth-order valence-corrected chi connectivity index (χ4v) is 2.49. The Morgan fingerprint density at radius 1 is 1.40 bits per heavy atom. The number of rotatable bonds is 0. The molecule has 15 heavy (non-hydrogen) atoms. The van der Waals surface area contributed by atoms with Crippen molar-refractivity contribution in [1.29, 1.82) is 0 Å². The fourth-order valence-electron chi connectivity index (χ4n) is 1.41. The number of benzene rings is 1. The number of hydrogen-bond donors (Lipinski definition) is 0. The Labute approximate surface area is 92.8 Å². The van der Waals surface area contributed by atoms with Crippen molar-refractivity contribution in [2.45, 2.75) is 0 Å². The summed E-state index contributed by atoms with van der Waals surface area (Å²) in [7, 11) is 0. The highest BCUT2D eigenvalue weighted by molar-refractivity contribution is 7.23. The zero-order valence-electron chi connectivity index (χ0n) is 7.35. The van der Waals surface area contributed by atoms with Crippen molar-refractivity contribution in [1.82, 2.24) is 14.6 Å². The largest absolute Gasteiger partial charge is 0.282 e. The number of nitrogens with zero attached hydrogens (tertiary/aromatic N) is 3. The van der Waals surface area contributed by atoms with Crippen LogP contribution in [-0.2, 0) is 0 Å². The Hall–Kier alpha value is -1.46. The maximum atomic E-state index is 11.9. The van der Waals surface area contributed by atoms with Gasteiger partial charge in [-0.3, -0.25) is 4.79 Å². The summed E-state index contributed by atoms with van der Waals surface area (Å²) < 4.78 is 2.15. The van der Waals surface area contributed by atoms with Crippen LogP contribution in [0.2, 0.25) is 5.02 Å². The van der Waals surface area contributed by atoms with Gasteiger partial charge in [-0.15, -0.1) is 0 Å². The van der Waals surface area contributed by atoms with Crippen LogP contribution in [0.1, 0.15) is 0 Å². The quantitative estimate of drug-likeness (QED) is 0.601. The second-order valence-electron chi connectivity index (χ2n) is 3.00. The normalized spacial score (nSPS) is 11.3. The molecule has 2 heterocycles. The molecule has 0 saturated carbocycles. The van der Waals surface area contributed by atoms with Gasteiger partial charge in [0, 0.05) is 9.72 Å². The minimum absolute atomic E-state index is 0.182. The summed E-state index contributed by atoms with van der Waals surface area (Å²) in [6.07, 6.45) is 1.37. The van der Waals surface area contributed by atoms with E-state index in [1.807, 2.05) is 6.07 Å². The zero-order chi connectivity index (χ0) is 10.4. The molecule has 3 aromatic rings. The summed E-state index contributed by atoms with van der Waals surface area (Å²) in [5.74, 6) is 0. The highest BCUT2D eigenvalue weighted by Gasteiger charge is 2.06. The van der Waals surface area contributed by atoms with Crippen molar-refractivity contribution >= 4 is 38.0 Å². The van der Waals surface area contributed by atoms with Crippen LogP contribution >= 0.6 is 22.9 Å². The summed E-state index contributed by atoms with van der Waals surface area (Å²) in [5.41, 5.74) is -0.182. The highest BCUT2D eigenvalue weighted by atomic mass is 35.5. The predicted molar refractivity (Wildman–Crippen MR) is 59.7 cm³/mol. The summed E-state index contributed by atoms with van der Waals surface area (Å²) in [5, 5.41) is 4.98. The molecule has 0 saturated heterocycles. The second kappa shape index (κ2) is 3.01. The lowest BCUT2D eigenvalue weighted by atomic mass is 10.3. The van der Waals surface area contributed by atoms with E-state index >= 15 is 0 Å². The van der Waals surface area contributed by atoms with Gasteiger partial charge >= 0.3 is 0 Å². The summed E-state index contributed by atoms with van der Waals surface area (Å²) in [6, 6.07) is 5.22. The molecule has 0 radical (unpaired) electrons. The lowest BCUT2D eigenvalue weighted by Gasteiger charge is -1.97. The van der Waals surface area contributed by atoms with E-state index in [1.165, 1.54) is 22.2 Å². The van der Waals surface area contributed by atoms with Crippen molar-refractivity contribution in [3.8, 4) is 0 Å². The zero-order valence-corrected chi connectivity index (χ0v) is 8.92. The molecule has 0 fully saturated rings. The number of halogens is 1. The van der Waals surface area contributed by atoms with Gasteiger partial charge in [0.2, 0.25) is 4.96 Å². The highest BCUT2D eigenvalue weighted by Crippen LogP contribution is 2.21. The van der Waals surface area contributed by atoms with Gasteiger partial charge in [0.05, 0.1) is 5.39 Å². The van der Waals surface area contributed by atoms with Crippen LogP contribution in [0.15, 0.2) is 29.3 Å². The van der Waals surface area contributed by atoms with Crippen LogP contribution in [0.3, 0.4) is 0 Å². The standard InChI is InChI=1S/C9H4ClN3OS/c10-5-1-2-7-6(3-5)8(14)13-9(15-7)11-4-12-13/h1-4H. The summed E-state index contributed by atoms with van der Waals surface area (Å²) in [4.78, 5) is 16.5. The molecular formula is C9H4ClN3OS. The molecule has 3 rings (SSSR count). The van der Waals surface area contributed by atoms with Gasteiger partial charge in [-0.2, -0.15) is 9.61 Å². The van der Waals surface area contributed by atoms with Crippen molar-refractivity contribution in [3.63, 3.8) is 0 Å². The van der Waals surface area contributed by atoms with Gasteiger partial charge in [0.1, 0.15) is 6.33 Å². The Morgan fingerprint density at radius 3 is 3.13 bits per heavy atom. The predicted octanol–water partition coefficient (Wildman–Crippen LogP) is 1.96. The average molecular weight is 238 g/mol. The van der Waals surface area contributed by atoms with E-state index in [0.717, 1.165) is 4.70 Å². The topological polar surface area (TPSA) is 47.3 Å². The van der Waals surface area contributed by atoms with Crippen molar-refractivity contribution in [2.24, 2.45) is 0 Å². The van der Waals surface area contributed by atoms with Crippen LogP contribution < -0.4 is 5.56 Å². The third-order valence-corrected chi connectivity index (χ3v) is 3.35. The monoisotopic (exact) mass is 237 g/mol. The minimum Gasteiger partial charge on any atom is -0.267 e. The van der Waals surface area contributed by atoms with Gasteiger partial charge in [-0.05, 0) is 18.2 Å². The Bertz CT molecular complexity index is 718. The van der Waals surface area contributed by atoms with E-state index in [0.29, 0.717) is 15.4 Å². The van der Waals surface area contributed by atoms with E-state index in [4.69, 9.17) is 11.6 Å². The van der Waals surface area contributed by atoms with Crippen molar-refractivity contribution in [3.05, 3.63) is 39.9 Å². The molecule has 0 aliphatic heterocycles. The molecular weight excluding hydrogens is 234 g/mol. The first-order valence-corrected chi connectivity index (χ1v) is 5.37. The van der Waals surface area contributed by atoms with Gasteiger partial charge in [0.25, 0.3) is 5.56 Å². The molecule has 1 aromatic carbocycles. The van der Waals surface area contributed by atoms with E-state index in [-0.39, 0.29) is 5.56 Å². The van der Waals surface area contributed by atoms with Gasteiger partial charge < -0.3 is 0 Å². The van der Waals surface area contributed by atoms with E-state index < -0.39 is 0 Å². The van der Waals surface area contributed by atoms with Gasteiger partial charge in [-0.25, -0.2) is 4.98 Å². The van der Waals surface area contributed by atoms with Crippen LogP contribution in [0.4, 0.5) is 0 Å². The molecule has 2 aromatic heterocycles. The molecule has 0 atom stereocenters. The van der Waals surface area contributed by atoms with Crippen molar-refractivity contribution < 1.29 is 0 Å². The van der Waals surface area contributed by atoms with Crippen molar-refractivity contribution in [2.75, 3.05) is 0 Å². The SMILES string of the molecule is O=c1c2cc(Cl)ccc2sc2ncnn12. The molecule has 0 amide bonds. The molecule has 74 valence electrons. The average Bonchev–Trinajstić information content (AvgIpc) is 2.68. The summed E-state index contributed by atoms with van der Waals surface area (Å²) >= 11 is 7.25. The smallest absolute Gasteiger partial charge is 0.267 e. The van der Waals surface area contributed by atoms with Gasteiger partial charge in [0.15, 0.2) is 0 Å². The van der Waals surface area contributed by atoms with E-state index in [1.54, 1.807) is 12.1 Å². The molecule has 0 N–H and O–H groups in total. The van der Waals surface area contributed by atoms with Crippen LogP contribution in [0, 0.1) is 0 Å². The minimum atomic E-state index is -0.182. The Balaban J connectivity index is 2.64. The first-order valence-electron chi connectivity index (χ1n) is 4.18. The molecule has 6 heteroatoms. The number of hydrogen-bond acceptors (Lipinski definition) is 4. The number of fused-ring (bicyclic) bond motifs is 2. The molecule has 0 spiro atoms. The van der Waals surface area contributed by atoms with Gasteiger partial charge in [-0.1, -0.05) is 22.9 Å². The molecule has 0 aliphatic rings. The first-order chi connectivity index (χ1) is 7.25. The van der Waals surface area contributed by atoms with Crippen LogP contribution in [0.5, 0.6) is 0 Å². The third kappa shape index (κ3) is 1.24. The maximum Gasteiger partial charge on any atom is 0.282 e. The first kappa shape index (κ1) is 8.82. The molecule has 4 nitrogen and oxygen atoms in total. The van der Waals surface area contributed by atoms with E-state index in [9.17, 15) is 4.79 Å². The lowest BCUT2D eigenvalue weighted by Crippen LogP contribution is -2.12. The second-order valence-corrected chi connectivity index (χ2v) is 4.45. The van der Waals surface area contributed by atoms with E-state index in [2.05, 4.69) is 10.1 Å². The molecule has 0 unspecified atom stereocenters. The molecule has 0 aliphatic carbocycles. The van der Waals surface area contributed by atoms with Crippen LogP contribution in [-0.4, -0.2) is 14.6 Å². The Morgan fingerprint density at radius 2 is 2.27 bits per heavy atom. The lowest BCUT2D eigenvalue weighted by molar-refractivity contribution is 0.938. The number of aromatic nitrogens is 3. The molecule has 0 bridgehead atoms. The maximum absolute atomic E-state index is 11.9. The van der Waals surface area contributed by atoms with Crippen LogP contribution in [0.25, 0.3) is 15.0 Å².